The third-order valence-electron chi connectivity index (χ3n) is 2.37. The zero-order chi connectivity index (χ0) is 8.32. The zero-order valence-corrected chi connectivity index (χ0v) is 7.24. The minimum absolute atomic E-state index is 0.157. The molecule has 1 aliphatic rings. The van der Waals surface area contributed by atoms with Gasteiger partial charge in [0.15, 0.2) is 0 Å². The number of nitrogens with one attached hydrogen (secondary N) is 2. The molecule has 1 atom stereocenters. The lowest BCUT2D eigenvalue weighted by atomic mass is 9.82. The largest absolute Gasteiger partial charge is 0.359 e. The van der Waals surface area contributed by atoms with Gasteiger partial charge in [-0.1, -0.05) is 0 Å². The van der Waals surface area contributed by atoms with Crippen molar-refractivity contribution in [2.24, 2.45) is 5.41 Å². The Morgan fingerprint density at radius 3 is 2.82 bits per heavy atom. The van der Waals surface area contributed by atoms with E-state index in [-0.39, 0.29) is 11.3 Å². The summed E-state index contributed by atoms with van der Waals surface area (Å²) < 4.78 is 0. The molecule has 1 saturated heterocycles. The summed E-state index contributed by atoms with van der Waals surface area (Å²) in [6.45, 7) is 3.87. The fourth-order valence-corrected chi connectivity index (χ4v) is 1.55. The van der Waals surface area contributed by atoms with E-state index in [4.69, 9.17) is 0 Å². The summed E-state index contributed by atoms with van der Waals surface area (Å²) in [7, 11) is 1.70. The van der Waals surface area contributed by atoms with Crippen molar-refractivity contribution in [3.63, 3.8) is 0 Å². The van der Waals surface area contributed by atoms with Crippen LogP contribution in [0.15, 0.2) is 0 Å². The number of rotatable bonds is 1. The first-order valence-corrected chi connectivity index (χ1v) is 4.12. The van der Waals surface area contributed by atoms with Gasteiger partial charge < -0.3 is 10.6 Å². The van der Waals surface area contributed by atoms with Gasteiger partial charge in [0.25, 0.3) is 0 Å². The van der Waals surface area contributed by atoms with Crippen LogP contribution in [0, 0.1) is 5.41 Å². The van der Waals surface area contributed by atoms with Gasteiger partial charge in [-0.25, -0.2) is 0 Å². The molecule has 11 heavy (non-hydrogen) atoms. The summed E-state index contributed by atoms with van der Waals surface area (Å²) in [5.41, 5.74) is -0.174. The molecule has 0 spiro atoms. The molecule has 0 aliphatic carbocycles. The molecule has 1 aliphatic heterocycles. The van der Waals surface area contributed by atoms with Gasteiger partial charge in [-0.15, -0.1) is 0 Å². The molecule has 0 bridgehead atoms. The fraction of sp³-hybridized carbons (Fsp3) is 0.875. The topological polar surface area (TPSA) is 41.1 Å². The van der Waals surface area contributed by atoms with Gasteiger partial charge in [-0.3, -0.25) is 4.79 Å². The van der Waals surface area contributed by atoms with Crippen molar-refractivity contribution >= 4 is 5.91 Å². The normalized spacial score (nSPS) is 31.5. The summed E-state index contributed by atoms with van der Waals surface area (Å²) in [6, 6.07) is 0. The first-order chi connectivity index (χ1) is 5.19. The Morgan fingerprint density at radius 1 is 1.64 bits per heavy atom. The van der Waals surface area contributed by atoms with Crippen LogP contribution >= 0.6 is 0 Å². The molecule has 0 unspecified atom stereocenters. The predicted octanol–water partition coefficient (Wildman–Crippen LogP) is 0.122. The molecule has 1 fully saturated rings. The maximum absolute atomic E-state index is 11.3. The minimum atomic E-state index is -0.174. The first kappa shape index (κ1) is 8.53. The van der Waals surface area contributed by atoms with Gasteiger partial charge in [0.1, 0.15) is 0 Å². The number of hydrogen-bond donors (Lipinski definition) is 2. The van der Waals surface area contributed by atoms with E-state index in [9.17, 15) is 4.79 Å². The van der Waals surface area contributed by atoms with E-state index in [1.54, 1.807) is 7.05 Å². The zero-order valence-electron chi connectivity index (χ0n) is 7.24. The smallest absolute Gasteiger partial charge is 0.226 e. The Balaban J connectivity index is 2.56. The van der Waals surface area contributed by atoms with Crippen LogP contribution in [0.25, 0.3) is 0 Å². The van der Waals surface area contributed by atoms with E-state index in [0.717, 1.165) is 25.9 Å². The molecular formula is C8H16N2O. The molecule has 1 heterocycles. The van der Waals surface area contributed by atoms with Crippen LogP contribution in [0.1, 0.15) is 19.8 Å². The van der Waals surface area contributed by atoms with E-state index >= 15 is 0 Å². The number of piperidine rings is 1. The van der Waals surface area contributed by atoms with Crippen molar-refractivity contribution in [2.75, 3.05) is 20.1 Å². The lowest BCUT2D eigenvalue weighted by Gasteiger charge is -2.31. The number of carbonyl (C=O) groups excluding carboxylic acids is 1. The Hall–Kier alpha value is -0.570. The molecule has 1 rings (SSSR count). The second kappa shape index (κ2) is 3.22. The highest BCUT2D eigenvalue weighted by Gasteiger charge is 2.33. The van der Waals surface area contributed by atoms with Crippen molar-refractivity contribution in [1.82, 2.24) is 10.6 Å². The van der Waals surface area contributed by atoms with Gasteiger partial charge >= 0.3 is 0 Å². The third-order valence-corrected chi connectivity index (χ3v) is 2.37. The molecule has 3 heteroatoms. The molecular weight excluding hydrogens is 140 g/mol. The molecule has 0 aromatic heterocycles. The van der Waals surface area contributed by atoms with Crippen molar-refractivity contribution in [3.8, 4) is 0 Å². The van der Waals surface area contributed by atoms with Crippen LogP contribution in [0.2, 0.25) is 0 Å². The monoisotopic (exact) mass is 156 g/mol. The summed E-state index contributed by atoms with van der Waals surface area (Å²) >= 11 is 0. The molecule has 2 N–H and O–H groups in total. The highest BCUT2D eigenvalue weighted by Crippen LogP contribution is 2.24. The van der Waals surface area contributed by atoms with Gasteiger partial charge in [-0.05, 0) is 26.3 Å². The van der Waals surface area contributed by atoms with Gasteiger partial charge in [-0.2, -0.15) is 0 Å². The first-order valence-electron chi connectivity index (χ1n) is 4.12. The quantitative estimate of drug-likeness (QED) is 0.566. The molecule has 3 nitrogen and oxygen atoms in total. The van der Waals surface area contributed by atoms with E-state index < -0.39 is 0 Å². The SMILES string of the molecule is CNC(=O)[C@@]1(C)CCCNC1. The predicted molar refractivity (Wildman–Crippen MR) is 44.3 cm³/mol. The maximum Gasteiger partial charge on any atom is 0.226 e. The Labute approximate surface area is 67.5 Å². The third kappa shape index (κ3) is 1.71. The average Bonchev–Trinajstić information content (AvgIpc) is 2.04. The van der Waals surface area contributed by atoms with Crippen LogP contribution in [0.3, 0.4) is 0 Å². The number of amides is 1. The fourth-order valence-electron chi connectivity index (χ4n) is 1.55. The van der Waals surface area contributed by atoms with Gasteiger partial charge in [0.2, 0.25) is 5.91 Å². The Bertz CT molecular complexity index is 150. The van der Waals surface area contributed by atoms with Crippen LogP contribution in [-0.2, 0) is 4.79 Å². The van der Waals surface area contributed by atoms with E-state index in [1.807, 2.05) is 6.92 Å². The molecule has 0 aromatic rings. The second-order valence-electron chi connectivity index (χ2n) is 3.42. The maximum atomic E-state index is 11.3. The molecule has 0 radical (unpaired) electrons. The van der Waals surface area contributed by atoms with Crippen molar-refractivity contribution in [2.45, 2.75) is 19.8 Å². The van der Waals surface area contributed by atoms with Crippen molar-refractivity contribution in [3.05, 3.63) is 0 Å². The van der Waals surface area contributed by atoms with Crippen LogP contribution in [0.5, 0.6) is 0 Å². The van der Waals surface area contributed by atoms with E-state index in [0.29, 0.717) is 0 Å². The highest BCUT2D eigenvalue weighted by atomic mass is 16.2. The average molecular weight is 156 g/mol. The van der Waals surface area contributed by atoms with Crippen LogP contribution < -0.4 is 10.6 Å². The lowest BCUT2D eigenvalue weighted by Crippen LogP contribution is -2.47. The van der Waals surface area contributed by atoms with E-state index in [2.05, 4.69) is 10.6 Å². The van der Waals surface area contributed by atoms with Crippen LogP contribution in [0.4, 0.5) is 0 Å². The van der Waals surface area contributed by atoms with Gasteiger partial charge in [0, 0.05) is 13.6 Å². The summed E-state index contributed by atoms with van der Waals surface area (Å²) in [5.74, 6) is 0.157. The molecule has 64 valence electrons. The Kier molecular flexibility index (Phi) is 2.49. The van der Waals surface area contributed by atoms with Crippen molar-refractivity contribution < 1.29 is 4.79 Å². The summed E-state index contributed by atoms with van der Waals surface area (Å²) in [6.07, 6.45) is 2.10. The summed E-state index contributed by atoms with van der Waals surface area (Å²) in [4.78, 5) is 11.3. The minimum Gasteiger partial charge on any atom is -0.359 e. The van der Waals surface area contributed by atoms with E-state index in [1.165, 1.54) is 0 Å². The summed E-state index contributed by atoms with van der Waals surface area (Å²) in [5, 5.41) is 5.93. The molecule has 0 aromatic carbocycles. The standard InChI is InChI=1S/C8H16N2O/c1-8(7(11)9-2)4-3-5-10-6-8/h10H,3-6H2,1-2H3,(H,9,11)/t8-/m0/s1. The lowest BCUT2D eigenvalue weighted by molar-refractivity contribution is -0.130. The number of hydrogen-bond acceptors (Lipinski definition) is 2. The van der Waals surface area contributed by atoms with Crippen LogP contribution in [-0.4, -0.2) is 26.0 Å². The number of carbonyl (C=O) groups is 1. The highest BCUT2D eigenvalue weighted by molar-refractivity contribution is 5.82. The molecule has 1 amide bonds. The molecule has 0 saturated carbocycles. The van der Waals surface area contributed by atoms with Gasteiger partial charge in [0.05, 0.1) is 5.41 Å². The van der Waals surface area contributed by atoms with Crippen molar-refractivity contribution in [1.29, 1.82) is 0 Å². The Morgan fingerprint density at radius 2 is 2.36 bits per heavy atom. The second-order valence-corrected chi connectivity index (χ2v) is 3.42.